The lowest BCUT2D eigenvalue weighted by Gasteiger charge is -2.31. The fraction of sp³-hybridized carbons (Fsp3) is 0.417. The second-order valence-electron chi connectivity index (χ2n) is 3.89. The maximum atomic E-state index is 4.41. The molecular weight excluding hydrogens is 252 g/mol. The third-order valence-corrected chi connectivity index (χ3v) is 3.38. The van der Waals surface area contributed by atoms with Crippen LogP contribution >= 0.6 is 15.9 Å². The van der Waals surface area contributed by atoms with Crippen LogP contribution in [0.1, 0.15) is 12.8 Å². The maximum Gasteiger partial charge on any atom is 0.128 e. The minimum Gasteiger partial charge on any atom is -0.357 e. The number of halogens is 1. The summed E-state index contributed by atoms with van der Waals surface area (Å²) in [5, 5.41) is 0. The van der Waals surface area contributed by atoms with Crippen LogP contribution in [0.2, 0.25) is 0 Å². The summed E-state index contributed by atoms with van der Waals surface area (Å²) in [7, 11) is 0. The van der Waals surface area contributed by atoms with Crippen LogP contribution in [-0.4, -0.2) is 18.1 Å². The van der Waals surface area contributed by atoms with Gasteiger partial charge in [-0.1, -0.05) is 6.08 Å². The predicted molar refractivity (Wildman–Crippen MR) is 67.1 cm³/mol. The van der Waals surface area contributed by atoms with E-state index in [1.807, 2.05) is 12.3 Å². The average molecular weight is 267 g/mol. The summed E-state index contributed by atoms with van der Waals surface area (Å²) >= 11 is 3.40. The molecule has 1 aromatic heterocycles. The molecule has 0 spiro atoms. The first-order chi connectivity index (χ1) is 7.29. The van der Waals surface area contributed by atoms with Crippen molar-refractivity contribution in [3.8, 4) is 0 Å². The average Bonchev–Trinajstić information content (AvgIpc) is 2.30. The molecule has 0 radical (unpaired) electrons. The molecular formula is C12H15BrN2. The van der Waals surface area contributed by atoms with E-state index in [0.717, 1.165) is 23.4 Å². The highest BCUT2D eigenvalue weighted by Gasteiger charge is 2.17. The molecule has 0 aromatic carbocycles. The van der Waals surface area contributed by atoms with Crippen molar-refractivity contribution in [2.24, 2.45) is 5.92 Å². The SMILES string of the molecule is C=CC1CCN(c2ccc(Br)cn2)CC1. The van der Waals surface area contributed by atoms with Crippen molar-refractivity contribution in [1.29, 1.82) is 0 Å². The Labute approximate surface area is 99.1 Å². The first-order valence-corrected chi connectivity index (χ1v) is 6.08. The molecule has 0 saturated carbocycles. The number of aromatic nitrogens is 1. The summed E-state index contributed by atoms with van der Waals surface area (Å²) in [4.78, 5) is 6.75. The Balaban J connectivity index is 2.01. The van der Waals surface area contributed by atoms with Crippen LogP contribution in [0.5, 0.6) is 0 Å². The minimum atomic E-state index is 0.691. The van der Waals surface area contributed by atoms with Gasteiger partial charge < -0.3 is 4.90 Å². The first-order valence-electron chi connectivity index (χ1n) is 5.28. The molecule has 0 N–H and O–H groups in total. The molecule has 1 aliphatic heterocycles. The minimum absolute atomic E-state index is 0.691. The van der Waals surface area contributed by atoms with Crippen molar-refractivity contribution < 1.29 is 0 Å². The number of allylic oxidation sites excluding steroid dienone is 1. The molecule has 3 heteroatoms. The van der Waals surface area contributed by atoms with Crippen molar-refractivity contribution in [2.75, 3.05) is 18.0 Å². The van der Waals surface area contributed by atoms with E-state index in [4.69, 9.17) is 0 Å². The van der Waals surface area contributed by atoms with Gasteiger partial charge in [-0.25, -0.2) is 4.98 Å². The number of hydrogen-bond acceptors (Lipinski definition) is 2. The van der Waals surface area contributed by atoms with Gasteiger partial charge in [0.25, 0.3) is 0 Å². The second-order valence-corrected chi connectivity index (χ2v) is 4.81. The summed E-state index contributed by atoms with van der Waals surface area (Å²) in [6.45, 7) is 6.03. The molecule has 1 aromatic rings. The highest BCUT2D eigenvalue weighted by atomic mass is 79.9. The molecule has 2 nitrogen and oxygen atoms in total. The Morgan fingerprint density at radius 1 is 1.40 bits per heavy atom. The highest BCUT2D eigenvalue weighted by molar-refractivity contribution is 9.10. The van der Waals surface area contributed by atoms with Crippen molar-refractivity contribution in [2.45, 2.75) is 12.8 Å². The van der Waals surface area contributed by atoms with Gasteiger partial charge in [0.05, 0.1) is 0 Å². The molecule has 0 unspecified atom stereocenters. The Hall–Kier alpha value is -0.830. The first kappa shape index (κ1) is 10.7. The van der Waals surface area contributed by atoms with Crippen LogP contribution in [0.25, 0.3) is 0 Å². The smallest absolute Gasteiger partial charge is 0.128 e. The Morgan fingerprint density at radius 3 is 2.67 bits per heavy atom. The molecule has 1 saturated heterocycles. The number of pyridine rings is 1. The molecule has 1 aliphatic rings. The van der Waals surface area contributed by atoms with Crippen molar-refractivity contribution in [3.63, 3.8) is 0 Å². The molecule has 0 atom stereocenters. The Morgan fingerprint density at radius 2 is 2.13 bits per heavy atom. The van der Waals surface area contributed by atoms with Gasteiger partial charge in [0.2, 0.25) is 0 Å². The maximum absolute atomic E-state index is 4.41. The number of piperidine rings is 1. The monoisotopic (exact) mass is 266 g/mol. The number of nitrogens with zero attached hydrogens (tertiary/aromatic N) is 2. The number of rotatable bonds is 2. The van der Waals surface area contributed by atoms with E-state index in [9.17, 15) is 0 Å². The lowest BCUT2D eigenvalue weighted by molar-refractivity contribution is 0.477. The fourth-order valence-corrected chi connectivity index (χ4v) is 2.15. The van der Waals surface area contributed by atoms with Crippen LogP contribution in [0.15, 0.2) is 35.5 Å². The third-order valence-electron chi connectivity index (χ3n) is 2.91. The molecule has 0 amide bonds. The van der Waals surface area contributed by atoms with Gasteiger partial charge in [-0.3, -0.25) is 0 Å². The van der Waals surface area contributed by atoms with Gasteiger partial charge in [-0.2, -0.15) is 0 Å². The Kier molecular flexibility index (Phi) is 3.41. The van der Waals surface area contributed by atoms with Crippen LogP contribution in [0, 0.1) is 5.92 Å². The fourth-order valence-electron chi connectivity index (χ4n) is 1.92. The zero-order valence-electron chi connectivity index (χ0n) is 8.69. The summed E-state index contributed by atoms with van der Waals surface area (Å²) in [5.41, 5.74) is 0. The molecule has 2 heterocycles. The number of hydrogen-bond donors (Lipinski definition) is 0. The van der Waals surface area contributed by atoms with E-state index in [1.54, 1.807) is 0 Å². The number of anilines is 1. The van der Waals surface area contributed by atoms with Gasteiger partial charge in [-0.15, -0.1) is 6.58 Å². The van der Waals surface area contributed by atoms with E-state index in [0.29, 0.717) is 5.92 Å². The molecule has 15 heavy (non-hydrogen) atoms. The Bertz CT molecular complexity index is 326. The van der Waals surface area contributed by atoms with E-state index < -0.39 is 0 Å². The molecule has 80 valence electrons. The second kappa shape index (κ2) is 4.79. The summed E-state index contributed by atoms with van der Waals surface area (Å²) in [6, 6.07) is 4.11. The zero-order valence-corrected chi connectivity index (χ0v) is 10.3. The van der Waals surface area contributed by atoms with Crippen molar-refractivity contribution in [3.05, 3.63) is 35.5 Å². The van der Waals surface area contributed by atoms with E-state index in [-0.39, 0.29) is 0 Å². The predicted octanol–water partition coefficient (Wildman–Crippen LogP) is 3.25. The largest absolute Gasteiger partial charge is 0.357 e. The molecule has 1 fully saturated rings. The van der Waals surface area contributed by atoms with Gasteiger partial charge >= 0.3 is 0 Å². The van der Waals surface area contributed by atoms with Gasteiger partial charge in [0.1, 0.15) is 5.82 Å². The normalized spacial score (nSPS) is 17.8. The van der Waals surface area contributed by atoms with Crippen LogP contribution in [-0.2, 0) is 0 Å². The molecule has 2 rings (SSSR count). The van der Waals surface area contributed by atoms with Crippen molar-refractivity contribution >= 4 is 21.7 Å². The van der Waals surface area contributed by atoms with Gasteiger partial charge in [-0.05, 0) is 46.8 Å². The van der Waals surface area contributed by atoms with E-state index in [2.05, 4.69) is 44.5 Å². The quantitative estimate of drug-likeness (QED) is 0.765. The summed E-state index contributed by atoms with van der Waals surface area (Å²) < 4.78 is 1.03. The lowest BCUT2D eigenvalue weighted by atomic mass is 9.97. The van der Waals surface area contributed by atoms with Crippen LogP contribution in [0.3, 0.4) is 0 Å². The zero-order chi connectivity index (χ0) is 10.7. The van der Waals surface area contributed by atoms with Gasteiger partial charge in [0, 0.05) is 23.8 Å². The molecule has 0 aliphatic carbocycles. The van der Waals surface area contributed by atoms with Crippen LogP contribution in [0.4, 0.5) is 5.82 Å². The lowest BCUT2D eigenvalue weighted by Crippen LogP contribution is -2.33. The third kappa shape index (κ3) is 2.59. The topological polar surface area (TPSA) is 16.1 Å². The highest BCUT2D eigenvalue weighted by Crippen LogP contribution is 2.22. The van der Waals surface area contributed by atoms with Crippen LogP contribution < -0.4 is 4.90 Å². The van der Waals surface area contributed by atoms with E-state index in [1.165, 1.54) is 12.8 Å². The van der Waals surface area contributed by atoms with E-state index >= 15 is 0 Å². The summed E-state index contributed by atoms with van der Waals surface area (Å²) in [5.74, 6) is 1.78. The summed E-state index contributed by atoms with van der Waals surface area (Å²) in [6.07, 6.45) is 6.32. The molecule has 0 bridgehead atoms. The van der Waals surface area contributed by atoms with Crippen molar-refractivity contribution in [1.82, 2.24) is 4.98 Å². The van der Waals surface area contributed by atoms with Gasteiger partial charge in [0.15, 0.2) is 0 Å². The standard InChI is InChI=1S/C12H15BrN2/c1-2-10-5-7-15(8-6-10)12-4-3-11(13)9-14-12/h2-4,9-10H,1,5-8H2.